The lowest BCUT2D eigenvalue weighted by atomic mass is 10.0. The van der Waals surface area contributed by atoms with Gasteiger partial charge in [-0.05, 0) is 36.1 Å². The van der Waals surface area contributed by atoms with Crippen LogP contribution in [0.5, 0.6) is 11.5 Å². The number of carbonyl (C=O) groups is 1. The zero-order valence-electron chi connectivity index (χ0n) is 18.4. The molecule has 0 fully saturated rings. The van der Waals surface area contributed by atoms with Gasteiger partial charge in [-0.3, -0.25) is 19.1 Å². The normalized spacial score (nSPS) is 12.9. The monoisotopic (exact) mass is 438 g/mol. The third kappa shape index (κ3) is 4.10. The van der Waals surface area contributed by atoms with Crippen LogP contribution in [-0.4, -0.2) is 33.7 Å². The number of nitrogens with one attached hydrogen (secondary N) is 2. The van der Waals surface area contributed by atoms with Gasteiger partial charge in [-0.15, -0.1) is 0 Å². The first-order valence-electron chi connectivity index (χ1n) is 10.7. The minimum atomic E-state index is -0.621. The second kappa shape index (κ2) is 8.86. The highest BCUT2D eigenvalue weighted by Gasteiger charge is 2.20. The van der Waals surface area contributed by atoms with E-state index in [-0.39, 0.29) is 29.1 Å². The molecule has 0 unspecified atom stereocenters. The van der Waals surface area contributed by atoms with Crippen LogP contribution in [0.25, 0.3) is 11.0 Å². The lowest BCUT2D eigenvalue weighted by Gasteiger charge is -2.19. The van der Waals surface area contributed by atoms with E-state index in [1.165, 1.54) is 4.57 Å². The molecule has 1 aliphatic heterocycles. The Hall–Kier alpha value is -3.62. The van der Waals surface area contributed by atoms with Gasteiger partial charge in [-0.1, -0.05) is 26.8 Å². The molecule has 4 rings (SSSR count). The molecule has 0 spiro atoms. The van der Waals surface area contributed by atoms with Crippen LogP contribution in [0.2, 0.25) is 0 Å². The fourth-order valence-corrected chi connectivity index (χ4v) is 3.67. The molecule has 0 saturated heterocycles. The summed E-state index contributed by atoms with van der Waals surface area (Å²) < 4.78 is 12.5. The van der Waals surface area contributed by atoms with Gasteiger partial charge in [-0.2, -0.15) is 0 Å². The minimum Gasteiger partial charge on any atom is -0.486 e. The zero-order chi connectivity index (χ0) is 22.8. The summed E-state index contributed by atoms with van der Waals surface area (Å²) in [5.74, 6) is 0.905. The minimum absolute atomic E-state index is 0.00760. The Morgan fingerprint density at radius 3 is 2.66 bits per heavy atom. The molecule has 168 valence electrons. The van der Waals surface area contributed by atoms with Crippen molar-refractivity contribution in [2.24, 2.45) is 0 Å². The number of ether oxygens (including phenoxy) is 2. The quantitative estimate of drug-likeness (QED) is 0.610. The average Bonchev–Trinajstić information content (AvgIpc) is 2.79. The lowest BCUT2D eigenvalue weighted by molar-refractivity contribution is 0.0952. The van der Waals surface area contributed by atoms with Gasteiger partial charge in [0.1, 0.15) is 13.2 Å². The first kappa shape index (κ1) is 21.6. The van der Waals surface area contributed by atoms with Gasteiger partial charge in [0, 0.05) is 18.8 Å². The van der Waals surface area contributed by atoms with Gasteiger partial charge in [0.25, 0.3) is 11.5 Å². The van der Waals surface area contributed by atoms with Crippen molar-refractivity contribution in [3.8, 4) is 11.5 Å². The molecule has 2 N–H and O–H groups in total. The molecule has 0 saturated carbocycles. The third-order valence-electron chi connectivity index (χ3n) is 5.31. The summed E-state index contributed by atoms with van der Waals surface area (Å²) in [5, 5.41) is 2.98. The van der Waals surface area contributed by atoms with E-state index in [4.69, 9.17) is 9.47 Å². The van der Waals surface area contributed by atoms with E-state index >= 15 is 0 Å². The molecule has 1 amide bonds. The number of fused-ring (bicyclic) bond motifs is 2. The standard InChI is InChI=1S/C23H26N4O5/c1-4-7-27-20-19(22(29)26-23(27)30)15(11-16(25-20)13(2)3)21(28)24-12-14-5-6-17-18(10-14)32-9-8-31-17/h5-6,10-11,13H,4,7-9,12H2,1-3H3,(H,24,28)(H,26,29,30). The predicted molar refractivity (Wildman–Crippen MR) is 120 cm³/mol. The van der Waals surface area contributed by atoms with Gasteiger partial charge in [0.05, 0.1) is 10.9 Å². The Labute approximate surface area is 184 Å². The topological polar surface area (TPSA) is 115 Å². The molecule has 0 bridgehead atoms. The van der Waals surface area contributed by atoms with Crippen LogP contribution < -0.4 is 26.0 Å². The van der Waals surface area contributed by atoms with E-state index in [1.54, 1.807) is 6.07 Å². The summed E-state index contributed by atoms with van der Waals surface area (Å²) in [6.45, 7) is 7.43. The summed E-state index contributed by atoms with van der Waals surface area (Å²) in [5.41, 5.74) is 0.752. The van der Waals surface area contributed by atoms with E-state index < -0.39 is 17.2 Å². The number of amides is 1. The van der Waals surface area contributed by atoms with Crippen molar-refractivity contribution in [1.82, 2.24) is 19.9 Å². The molecular formula is C23H26N4O5. The van der Waals surface area contributed by atoms with Gasteiger partial charge in [0.2, 0.25) is 0 Å². The van der Waals surface area contributed by atoms with Crippen LogP contribution in [0.1, 0.15) is 54.7 Å². The van der Waals surface area contributed by atoms with Gasteiger partial charge < -0.3 is 14.8 Å². The fourth-order valence-electron chi connectivity index (χ4n) is 3.67. The highest BCUT2D eigenvalue weighted by Crippen LogP contribution is 2.30. The van der Waals surface area contributed by atoms with E-state index in [1.807, 2.05) is 39.0 Å². The maximum Gasteiger partial charge on any atom is 0.329 e. The Balaban J connectivity index is 1.72. The molecule has 0 radical (unpaired) electrons. The van der Waals surface area contributed by atoms with Crippen LogP contribution >= 0.6 is 0 Å². The molecule has 0 atom stereocenters. The molecule has 3 heterocycles. The number of aromatic nitrogens is 3. The smallest absolute Gasteiger partial charge is 0.329 e. The summed E-state index contributed by atoms with van der Waals surface area (Å²) in [7, 11) is 0. The van der Waals surface area contributed by atoms with Crippen molar-refractivity contribution in [2.45, 2.75) is 46.2 Å². The molecule has 32 heavy (non-hydrogen) atoms. The summed E-state index contributed by atoms with van der Waals surface area (Å²) in [6, 6.07) is 7.11. The predicted octanol–water partition coefficient (Wildman–Crippen LogP) is 2.32. The molecule has 3 aromatic rings. The molecule has 9 heteroatoms. The number of rotatable bonds is 6. The van der Waals surface area contributed by atoms with Crippen LogP contribution in [0.3, 0.4) is 0 Å². The second-order valence-electron chi connectivity index (χ2n) is 8.02. The molecule has 2 aromatic heterocycles. The van der Waals surface area contributed by atoms with Crippen molar-refractivity contribution in [2.75, 3.05) is 13.2 Å². The number of carbonyl (C=O) groups excluding carboxylic acids is 1. The zero-order valence-corrected chi connectivity index (χ0v) is 18.4. The SMILES string of the molecule is CCCn1c(=O)[nH]c(=O)c2c(C(=O)NCc3ccc4c(c3)OCCO4)cc(C(C)C)nc21. The lowest BCUT2D eigenvalue weighted by Crippen LogP contribution is -2.33. The first-order chi connectivity index (χ1) is 15.4. The number of hydrogen-bond donors (Lipinski definition) is 2. The second-order valence-corrected chi connectivity index (χ2v) is 8.02. The summed E-state index contributed by atoms with van der Waals surface area (Å²) in [6.07, 6.45) is 0.681. The molecule has 9 nitrogen and oxygen atoms in total. The number of H-pyrrole nitrogens is 1. The van der Waals surface area contributed by atoms with Crippen LogP contribution in [0.15, 0.2) is 33.9 Å². The van der Waals surface area contributed by atoms with Crippen LogP contribution in [-0.2, 0) is 13.1 Å². The number of aromatic amines is 1. The molecule has 1 aromatic carbocycles. The average molecular weight is 438 g/mol. The third-order valence-corrected chi connectivity index (χ3v) is 5.31. The number of pyridine rings is 1. The van der Waals surface area contributed by atoms with Crippen molar-refractivity contribution in [3.63, 3.8) is 0 Å². The molecule has 1 aliphatic rings. The number of nitrogens with zero attached hydrogens (tertiary/aromatic N) is 2. The van der Waals surface area contributed by atoms with E-state index in [0.29, 0.717) is 43.4 Å². The van der Waals surface area contributed by atoms with E-state index in [2.05, 4.69) is 15.3 Å². The fraction of sp³-hybridized carbons (Fsp3) is 0.391. The Bertz CT molecular complexity index is 1290. The van der Waals surface area contributed by atoms with Crippen molar-refractivity contribution in [1.29, 1.82) is 0 Å². The van der Waals surface area contributed by atoms with Gasteiger partial charge in [-0.25, -0.2) is 9.78 Å². The summed E-state index contributed by atoms with van der Waals surface area (Å²) >= 11 is 0. The Kier molecular flexibility index (Phi) is 5.98. The maximum atomic E-state index is 13.2. The Morgan fingerprint density at radius 1 is 1.19 bits per heavy atom. The van der Waals surface area contributed by atoms with Crippen molar-refractivity contribution >= 4 is 16.9 Å². The maximum absolute atomic E-state index is 13.2. The molecule has 0 aliphatic carbocycles. The van der Waals surface area contributed by atoms with Gasteiger partial charge in [0.15, 0.2) is 17.1 Å². The number of aryl methyl sites for hydroxylation is 1. The van der Waals surface area contributed by atoms with Crippen LogP contribution in [0, 0.1) is 0 Å². The van der Waals surface area contributed by atoms with E-state index in [0.717, 1.165) is 5.56 Å². The number of hydrogen-bond acceptors (Lipinski definition) is 6. The summed E-state index contributed by atoms with van der Waals surface area (Å²) in [4.78, 5) is 45.1. The largest absolute Gasteiger partial charge is 0.486 e. The van der Waals surface area contributed by atoms with Crippen molar-refractivity contribution < 1.29 is 14.3 Å². The highest BCUT2D eigenvalue weighted by atomic mass is 16.6. The molecular weight excluding hydrogens is 412 g/mol. The Morgan fingerprint density at radius 2 is 1.94 bits per heavy atom. The van der Waals surface area contributed by atoms with Crippen molar-refractivity contribution in [3.05, 3.63) is 61.9 Å². The van der Waals surface area contributed by atoms with E-state index in [9.17, 15) is 14.4 Å². The number of benzene rings is 1. The highest BCUT2D eigenvalue weighted by molar-refractivity contribution is 6.05. The first-order valence-corrected chi connectivity index (χ1v) is 10.7. The van der Waals surface area contributed by atoms with Gasteiger partial charge >= 0.3 is 5.69 Å². The van der Waals surface area contributed by atoms with Crippen LogP contribution in [0.4, 0.5) is 0 Å².